The molecule has 3 rings (SSSR count). The molecule has 2 heterocycles. The fraction of sp³-hybridized carbons (Fsp3) is 0.462. The molecule has 18 heavy (non-hydrogen) atoms. The number of rotatable bonds is 1. The predicted octanol–water partition coefficient (Wildman–Crippen LogP) is 1.58. The molecule has 0 amide bonds. The Bertz CT molecular complexity index is 590. The van der Waals surface area contributed by atoms with Crippen LogP contribution in [0.25, 0.3) is 11.0 Å². The molecule has 2 aromatic rings. The monoisotopic (exact) mass is 246 g/mol. The first-order valence-electron chi connectivity index (χ1n) is 6.17. The highest BCUT2D eigenvalue weighted by Gasteiger charge is 2.37. The number of anilines is 2. The number of aromatic nitrogens is 1. The molecule has 2 unspecified atom stereocenters. The van der Waals surface area contributed by atoms with E-state index in [9.17, 15) is 0 Å². The summed E-state index contributed by atoms with van der Waals surface area (Å²) < 4.78 is 5.34. The van der Waals surface area contributed by atoms with Gasteiger partial charge >= 0.3 is 0 Å². The van der Waals surface area contributed by atoms with Crippen molar-refractivity contribution in [2.45, 2.75) is 19.4 Å². The Balaban J connectivity index is 2.06. The van der Waals surface area contributed by atoms with E-state index in [1.54, 1.807) is 0 Å². The zero-order valence-electron chi connectivity index (χ0n) is 10.7. The Hall–Kier alpha value is -1.75. The molecule has 0 saturated carbocycles. The maximum Gasteiger partial charge on any atom is 0.192 e. The number of hydrogen-bond donors (Lipinski definition) is 2. The third-order valence-corrected chi connectivity index (χ3v) is 4.00. The molecule has 1 saturated heterocycles. The molecule has 4 N–H and O–H groups in total. The highest BCUT2D eigenvalue weighted by Crippen LogP contribution is 2.35. The van der Waals surface area contributed by atoms with Gasteiger partial charge in [-0.05, 0) is 25.0 Å². The lowest BCUT2D eigenvalue weighted by molar-refractivity contribution is 0.404. The predicted molar refractivity (Wildman–Crippen MR) is 72.4 cm³/mol. The molecule has 0 spiro atoms. The summed E-state index contributed by atoms with van der Waals surface area (Å²) in [4.78, 5) is 2.25. The molecule has 96 valence electrons. The highest BCUT2D eigenvalue weighted by atomic mass is 16.5. The summed E-state index contributed by atoms with van der Waals surface area (Å²) in [5.74, 6) is 0.877. The third-order valence-electron chi connectivity index (χ3n) is 4.00. The molecule has 1 aromatic carbocycles. The van der Waals surface area contributed by atoms with Crippen LogP contribution in [0.4, 0.5) is 11.5 Å². The number of fused-ring (bicyclic) bond motifs is 1. The van der Waals surface area contributed by atoms with E-state index in [4.69, 9.17) is 16.0 Å². The topological polar surface area (TPSA) is 81.3 Å². The number of nitrogens with zero attached hydrogens (tertiary/aromatic N) is 2. The maximum absolute atomic E-state index is 6.29. The van der Waals surface area contributed by atoms with Crippen molar-refractivity contribution in [1.29, 1.82) is 0 Å². The molecule has 5 heteroatoms. The number of para-hydroxylation sites is 1. The minimum atomic E-state index is -0.173. The van der Waals surface area contributed by atoms with E-state index in [0.29, 0.717) is 11.7 Å². The van der Waals surface area contributed by atoms with Gasteiger partial charge in [0.05, 0.1) is 11.1 Å². The molecule has 0 radical (unpaired) electrons. The first-order chi connectivity index (χ1) is 8.49. The SMILES string of the molecule is CC1CN(c2cccc3c(N)noc23)CC1(C)N. The third kappa shape index (κ3) is 1.54. The average Bonchev–Trinajstić information content (AvgIpc) is 2.81. The Kier molecular flexibility index (Phi) is 2.28. The zero-order chi connectivity index (χ0) is 12.9. The molecule has 1 aliphatic heterocycles. The Labute approximate surface area is 106 Å². The lowest BCUT2D eigenvalue weighted by atomic mass is 9.92. The maximum atomic E-state index is 6.29. The van der Waals surface area contributed by atoms with Crippen molar-refractivity contribution >= 4 is 22.5 Å². The highest BCUT2D eigenvalue weighted by molar-refractivity contribution is 5.95. The number of hydrogen-bond acceptors (Lipinski definition) is 5. The van der Waals surface area contributed by atoms with Gasteiger partial charge in [0.1, 0.15) is 0 Å². The quantitative estimate of drug-likeness (QED) is 0.798. The van der Waals surface area contributed by atoms with Crippen molar-refractivity contribution < 1.29 is 4.52 Å². The van der Waals surface area contributed by atoms with E-state index in [-0.39, 0.29) is 5.54 Å². The van der Waals surface area contributed by atoms with Gasteiger partial charge in [0.15, 0.2) is 11.4 Å². The zero-order valence-corrected chi connectivity index (χ0v) is 10.7. The molecule has 5 nitrogen and oxygen atoms in total. The Morgan fingerprint density at radius 1 is 1.50 bits per heavy atom. The van der Waals surface area contributed by atoms with E-state index in [1.807, 2.05) is 18.2 Å². The van der Waals surface area contributed by atoms with Gasteiger partial charge < -0.3 is 20.9 Å². The van der Waals surface area contributed by atoms with E-state index in [2.05, 4.69) is 23.9 Å². The van der Waals surface area contributed by atoms with Crippen LogP contribution < -0.4 is 16.4 Å². The lowest BCUT2D eigenvalue weighted by Crippen LogP contribution is -2.43. The molecular formula is C13H18N4O. The molecule has 1 aromatic heterocycles. The van der Waals surface area contributed by atoms with E-state index in [1.165, 1.54) is 0 Å². The summed E-state index contributed by atoms with van der Waals surface area (Å²) in [6, 6.07) is 5.93. The summed E-state index contributed by atoms with van der Waals surface area (Å²) in [6.07, 6.45) is 0. The Morgan fingerprint density at radius 2 is 2.28 bits per heavy atom. The van der Waals surface area contributed by atoms with Crippen LogP contribution in [0, 0.1) is 5.92 Å². The second kappa shape index (κ2) is 3.62. The number of nitrogen functional groups attached to an aromatic ring is 1. The average molecular weight is 246 g/mol. The number of nitrogens with two attached hydrogens (primary N) is 2. The summed E-state index contributed by atoms with van der Waals surface area (Å²) in [5.41, 5.74) is 13.7. The fourth-order valence-corrected chi connectivity index (χ4v) is 2.57. The minimum Gasteiger partial charge on any atom is -0.380 e. The van der Waals surface area contributed by atoms with Crippen molar-refractivity contribution in [1.82, 2.24) is 5.16 Å². The van der Waals surface area contributed by atoms with Crippen LogP contribution in [0.15, 0.2) is 22.7 Å². The first-order valence-corrected chi connectivity index (χ1v) is 6.17. The van der Waals surface area contributed by atoms with Gasteiger partial charge in [-0.1, -0.05) is 18.1 Å². The summed E-state index contributed by atoms with van der Waals surface area (Å²) >= 11 is 0. The smallest absolute Gasteiger partial charge is 0.192 e. The second-order valence-corrected chi connectivity index (χ2v) is 5.51. The van der Waals surface area contributed by atoms with Crippen LogP contribution in [0.5, 0.6) is 0 Å². The van der Waals surface area contributed by atoms with Gasteiger partial charge in [0.2, 0.25) is 0 Å². The van der Waals surface area contributed by atoms with E-state index in [0.717, 1.165) is 29.7 Å². The molecule has 0 bridgehead atoms. The fourth-order valence-electron chi connectivity index (χ4n) is 2.57. The van der Waals surface area contributed by atoms with Gasteiger partial charge in [0, 0.05) is 18.6 Å². The number of benzene rings is 1. The summed E-state index contributed by atoms with van der Waals surface area (Å²) in [5, 5.41) is 4.69. The van der Waals surface area contributed by atoms with Crippen LogP contribution in [0.2, 0.25) is 0 Å². The van der Waals surface area contributed by atoms with Gasteiger partial charge in [-0.2, -0.15) is 0 Å². The van der Waals surface area contributed by atoms with Gasteiger partial charge in [-0.15, -0.1) is 0 Å². The minimum absolute atomic E-state index is 0.173. The van der Waals surface area contributed by atoms with Crippen LogP contribution in [-0.2, 0) is 0 Å². The van der Waals surface area contributed by atoms with Crippen molar-refractivity contribution in [2.24, 2.45) is 11.7 Å². The molecular weight excluding hydrogens is 228 g/mol. The van der Waals surface area contributed by atoms with E-state index < -0.39 is 0 Å². The Morgan fingerprint density at radius 3 is 2.94 bits per heavy atom. The van der Waals surface area contributed by atoms with Gasteiger partial charge in [0.25, 0.3) is 0 Å². The largest absolute Gasteiger partial charge is 0.380 e. The van der Waals surface area contributed by atoms with Crippen molar-refractivity contribution in [3.8, 4) is 0 Å². The second-order valence-electron chi connectivity index (χ2n) is 5.51. The van der Waals surface area contributed by atoms with Gasteiger partial charge in [-0.3, -0.25) is 0 Å². The molecule has 1 fully saturated rings. The summed E-state index contributed by atoms with van der Waals surface area (Å²) in [6.45, 7) is 6.00. The van der Waals surface area contributed by atoms with Crippen molar-refractivity contribution in [3.05, 3.63) is 18.2 Å². The van der Waals surface area contributed by atoms with E-state index >= 15 is 0 Å². The normalized spacial score (nSPS) is 28.2. The van der Waals surface area contributed by atoms with Crippen molar-refractivity contribution in [3.63, 3.8) is 0 Å². The summed E-state index contributed by atoms with van der Waals surface area (Å²) in [7, 11) is 0. The molecule has 2 atom stereocenters. The first kappa shape index (κ1) is 11.3. The van der Waals surface area contributed by atoms with Gasteiger partial charge in [-0.25, -0.2) is 0 Å². The van der Waals surface area contributed by atoms with Crippen LogP contribution in [0.3, 0.4) is 0 Å². The van der Waals surface area contributed by atoms with Crippen molar-refractivity contribution in [2.75, 3.05) is 23.7 Å². The van der Waals surface area contributed by atoms with Crippen LogP contribution in [-0.4, -0.2) is 23.8 Å². The molecule has 0 aliphatic carbocycles. The molecule has 1 aliphatic rings. The van der Waals surface area contributed by atoms with Crippen LogP contribution >= 0.6 is 0 Å². The lowest BCUT2D eigenvalue weighted by Gasteiger charge is -2.22. The van der Waals surface area contributed by atoms with Crippen LogP contribution in [0.1, 0.15) is 13.8 Å². The standard InChI is InChI=1S/C13H18N4O/c1-8-6-17(7-13(8,2)15)10-5-3-4-9-11(10)18-16-12(9)14/h3-5,8H,6-7,15H2,1-2H3,(H2,14,16).